The van der Waals surface area contributed by atoms with Crippen molar-refractivity contribution < 1.29 is 19.1 Å². The third-order valence-corrected chi connectivity index (χ3v) is 4.10. The molecule has 0 radical (unpaired) electrons. The van der Waals surface area contributed by atoms with Crippen LogP contribution in [0, 0.1) is 0 Å². The van der Waals surface area contributed by atoms with E-state index >= 15 is 0 Å². The van der Waals surface area contributed by atoms with Gasteiger partial charge in [0.25, 0.3) is 0 Å². The number of oxime groups is 1. The van der Waals surface area contributed by atoms with Gasteiger partial charge < -0.3 is 14.3 Å². The molecule has 1 aliphatic heterocycles. The molecule has 0 bridgehead atoms. The van der Waals surface area contributed by atoms with Crippen LogP contribution in [0.3, 0.4) is 0 Å². The zero-order chi connectivity index (χ0) is 17.8. The Hall–Kier alpha value is -2.79. The summed E-state index contributed by atoms with van der Waals surface area (Å²) in [6.45, 7) is 1.98. The predicted molar refractivity (Wildman–Crippen MR) is 96.0 cm³/mol. The van der Waals surface area contributed by atoms with Gasteiger partial charge in [-0.2, -0.15) is 0 Å². The van der Waals surface area contributed by atoms with E-state index < -0.39 is 5.97 Å². The molecule has 0 aromatic heterocycles. The molecule has 3 rings (SSSR count). The largest absolute Gasteiger partial charge is 0.493 e. The molecule has 0 N–H and O–H groups in total. The van der Waals surface area contributed by atoms with Crippen molar-refractivity contribution in [3.8, 4) is 11.5 Å². The Bertz CT molecular complexity index is 873. The van der Waals surface area contributed by atoms with Crippen molar-refractivity contribution in [3.63, 3.8) is 0 Å². The molecule has 0 unspecified atom stereocenters. The summed E-state index contributed by atoms with van der Waals surface area (Å²) in [7, 11) is 1.56. The first-order chi connectivity index (χ1) is 12.1. The molecule has 0 amide bonds. The Labute approximate surface area is 150 Å². The SMILES string of the molecule is COc1cccc(/C=C2\C(=O)ON=C2C)c1OCc1ccccc1Cl. The lowest BCUT2D eigenvalue weighted by molar-refractivity contribution is -0.136. The van der Waals surface area contributed by atoms with Crippen LogP contribution in [0.5, 0.6) is 11.5 Å². The standard InChI is InChI=1S/C19H16ClNO4/c1-12-15(19(22)25-21-12)10-13-7-5-9-17(23-2)18(13)24-11-14-6-3-4-8-16(14)20/h3-10H,11H2,1-2H3/b15-10-. The molecule has 128 valence electrons. The molecule has 6 heteroatoms. The second-order valence-corrected chi connectivity index (χ2v) is 5.78. The Balaban J connectivity index is 1.95. The number of rotatable bonds is 5. The fourth-order valence-corrected chi connectivity index (χ4v) is 2.59. The summed E-state index contributed by atoms with van der Waals surface area (Å²) in [6.07, 6.45) is 1.68. The summed E-state index contributed by atoms with van der Waals surface area (Å²) in [4.78, 5) is 16.5. The number of benzene rings is 2. The van der Waals surface area contributed by atoms with Crippen molar-refractivity contribution in [2.75, 3.05) is 7.11 Å². The molecule has 1 heterocycles. The van der Waals surface area contributed by atoms with Crippen LogP contribution >= 0.6 is 11.6 Å². The van der Waals surface area contributed by atoms with Gasteiger partial charge in [-0.05, 0) is 25.1 Å². The molecular formula is C19H16ClNO4. The normalized spacial score (nSPS) is 15.1. The van der Waals surface area contributed by atoms with E-state index in [1.54, 1.807) is 32.2 Å². The van der Waals surface area contributed by atoms with Crippen LogP contribution in [0.25, 0.3) is 6.08 Å². The minimum Gasteiger partial charge on any atom is -0.493 e. The lowest BCUT2D eigenvalue weighted by Crippen LogP contribution is -2.04. The molecule has 0 aliphatic carbocycles. The fraction of sp³-hybridized carbons (Fsp3) is 0.158. The summed E-state index contributed by atoms with van der Waals surface area (Å²) in [5.41, 5.74) is 2.45. The van der Waals surface area contributed by atoms with Gasteiger partial charge in [0, 0.05) is 16.1 Å². The maximum Gasteiger partial charge on any atom is 0.367 e. The molecule has 0 saturated heterocycles. The number of methoxy groups -OCH3 is 1. The molecule has 25 heavy (non-hydrogen) atoms. The van der Waals surface area contributed by atoms with E-state index in [0.717, 1.165) is 5.56 Å². The van der Waals surface area contributed by atoms with E-state index in [0.29, 0.717) is 33.4 Å². The number of carbonyl (C=O) groups is 1. The number of halogens is 1. The monoisotopic (exact) mass is 357 g/mol. The van der Waals surface area contributed by atoms with Gasteiger partial charge in [-0.15, -0.1) is 0 Å². The molecule has 2 aromatic carbocycles. The Kier molecular flexibility index (Phi) is 5.05. The van der Waals surface area contributed by atoms with Crippen molar-refractivity contribution in [3.05, 3.63) is 64.2 Å². The van der Waals surface area contributed by atoms with Gasteiger partial charge in [0.05, 0.1) is 18.4 Å². The highest BCUT2D eigenvalue weighted by molar-refractivity contribution is 6.31. The molecule has 0 atom stereocenters. The van der Waals surface area contributed by atoms with Crippen molar-refractivity contribution in [1.29, 1.82) is 0 Å². The van der Waals surface area contributed by atoms with Crippen LogP contribution in [0.4, 0.5) is 0 Å². The van der Waals surface area contributed by atoms with Gasteiger partial charge >= 0.3 is 5.97 Å². The number of ether oxygens (including phenoxy) is 2. The molecule has 1 aliphatic rings. The highest BCUT2D eigenvalue weighted by Crippen LogP contribution is 2.34. The van der Waals surface area contributed by atoms with Gasteiger partial charge in [0.15, 0.2) is 11.5 Å². The molecule has 0 fully saturated rings. The van der Waals surface area contributed by atoms with Gasteiger partial charge in [0.2, 0.25) is 0 Å². The average Bonchev–Trinajstić information content (AvgIpc) is 2.93. The first-order valence-corrected chi connectivity index (χ1v) is 7.99. The average molecular weight is 358 g/mol. The highest BCUT2D eigenvalue weighted by Gasteiger charge is 2.23. The van der Waals surface area contributed by atoms with Crippen LogP contribution in [-0.4, -0.2) is 18.8 Å². The van der Waals surface area contributed by atoms with E-state index in [-0.39, 0.29) is 6.61 Å². The van der Waals surface area contributed by atoms with Crippen LogP contribution in [-0.2, 0) is 16.2 Å². The number of para-hydroxylation sites is 1. The maximum atomic E-state index is 11.8. The summed E-state index contributed by atoms with van der Waals surface area (Å²) in [5.74, 6) is 0.588. The fourth-order valence-electron chi connectivity index (χ4n) is 2.40. The third kappa shape index (κ3) is 3.67. The number of hydrogen-bond donors (Lipinski definition) is 0. The lowest BCUT2D eigenvalue weighted by atomic mass is 10.1. The van der Waals surface area contributed by atoms with E-state index in [2.05, 4.69) is 9.99 Å². The molecule has 0 spiro atoms. The second-order valence-electron chi connectivity index (χ2n) is 5.37. The quantitative estimate of drug-likeness (QED) is 0.593. The Morgan fingerprint density at radius 3 is 2.68 bits per heavy atom. The van der Waals surface area contributed by atoms with Crippen LogP contribution in [0.1, 0.15) is 18.1 Å². The van der Waals surface area contributed by atoms with E-state index in [4.69, 9.17) is 21.1 Å². The molecule has 2 aromatic rings. The van der Waals surface area contributed by atoms with Crippen LogP contribution in [0.2, 0.25) is 5.02 Å². The van der Waals surface area contributed by atoms with Gasteiger partial charge in [-0.1, -0.05) is 47.1 Å². The first-order valence-electron chi connectivity index (χ1n) is 7.61. The second kappa shape index (κ2) is 7.40. The maximum absolute atomic E-state index is 11.8. The molecule has 0 saturated carbocycles. The van der Waals surface area contributed by atoms with E-state index in [9.17, 15) is 4.79 Å². The van der Waals surface area contributed by atoms with Crippen molar-refractivity contribution in [1.82, 2.24) is 0 Å². The van der Waals surface area contributed by atoms with Crippen LogP contribution < -0.4 is 9.47 Å². The summed E-state index contributed by atoms with van der Waals surface area (Å²) < 4.78 is 11.3. The minimum atomic E-state index is -0.489. The smallest absolute Gasteiger partial charge is 0.367 e. The zero-order valence-electron chi connectivity index (χ0n) is 13.8. The van der Waals surface area contributed by atoms with Gasteiger partial charge in [-0.3, -0.25) is 0 Å². The first kappa shape index (κ1) is 17.0. The number of nitrogens with zero attached hydrogens (tertiary/aromatic N) is 1. The summed E-state index contributed by atoms with van der Waals surface area (Å²) in [6, 6.07) is 12.9. The lowest BCUT2D eigenvalue weighted by Gasteiger charge is -2.14. The van der Waals surface area contributed by atoms with Crippen molar-refractivity contribution >= 4 is 29.4 Å². The van der Waals surface area contributed by atoms with E-state index in [1.807, 2.05) is 30.3 Å². The van der Waals surface area contributed by atoms with Gasteiger partial charge in [0.1, 0.15) is 6.61 Å². The Morgan fingerprint density at radius 2 is 2.00 bits per heavy atom. The van der Waals surface area contributed by atoms with E-state index in [1.165, 1.54) is 0 Å². The summed E-state index contributed by atoms with van der Waals surface area (Å²) >= 11 is 6.18. The highest BCUT2D eigenvalue weighted by atomic mass is 35.5. The summed E-state index contributed by atoms with van der Waals surface area (Å²) in [5, 5.41) is 4.31. The number of hydrogen-bond acceptors (Lipinski definition) is 5. The topological polar surface area (TPSA) is 57.1 Å². The zero-order valence-corrected chi connectivity index (χ0v) is 14.5. The van der Waals surface area contributed by atoms with Crippen molar-refractivity contribution in [2.45, 2.75) is 13.5 Å². The number of carbonyl (C=O) groups excluding carboxylic acids is 1. The Morgan fingerprint density at radius 1 is 1.20 bits per heavy atom. The van der Waals surface area contributed by atoms with Gasteiger partial charge in [-0.25, -0.2) is 4.79 Å². The minimum absolute atomic E-state index is 0.272. The van der Waals surface area contributed by atoms with Crippen molar-refractivity contribution in [2.24, 2.45) is 5.16 Å². The molecular weight excluding hydrogens is 342 g/mol. The van der Waals surface area contributed by atoms with Crippen LogP contribution in [0.15, 0.2) is 53.2 Å². The molecule has 5 nitrogen and oxygen atoms in total. The predicted octanol–water partition coefficient (Wildman–Crippen LogP) is 4.24. The third-order valence-electron chi connectivity index (χ3n) is 3.73.